The molecule has 0 radical (unpaired) electrons. The van der Waals surface area contributed by atoms with E-state index in [4.69, 9.17) is 0 Å². The van der Waals surface area contributed by atoms with E-state index in [1.54, 1.807) is 0 Å². The van der Waals surface area contributed by atoms with Crippen LogP contribution >= 0.6 is 0 Å². The van der Waals surface area contributed by atoms with E-state index in [2.05, 4.69) is 17.3 Å². The van der Waals surface area contributed by atoms with Gasteiger partial charge in [-0.2, -0.15) is 5.10 Å². The molecule has 1 saturated carbocycles. The average Bonchev–Trinajstić information content (AvgIpc) is 2.73. The zero-order valence-corrected chi connectivity index (χ0v) is 10.8. The number of nitrogens with one attached hydrogen (secondary N) is 1. The Labute approximate surface area is 103 Å². The second kappa shape index (κ2) is 5.65. The maximum Gasteiger partial charge on any atom is 0.0543 e. The maximum atomic E-state index is 9.62. The van der Waals surface area contributed by atoms with Gasteiger partial charge in [-0.25, -0.2) is 0 Å². The van der Waals surface area contributed by atoms with E-state index < -0.39 is 0 Å². The molecule has 0 bridgehead atoms. The fourth-order valence-electron chi connectivity index (χ4n) is 2.57. The first-order valence-electron chi connectivity index (χ1n) is 6.55. The van der Waals surface area contributed by atoms with Gasteiger partial charge in [0.15, 0.2) is 0 Å². The molecule has 1 aliphatic rings. The number of aryl methyl sites for hydroxylation is 1. The van der Waals surface area contributed by atoms with E-state index in [1.807, 2.05) is 24.1 Å². The average molecular weight is 237 g/mol. The molecule has 0 amide bonds. The SMILES string of the molecule is CC(NCC1CCCC(O)C1)c1cnn(C)c1. The smallest absolute Gasteiger partial charge is 0.0543 e. The van der Waals surface area contributed by atoms with Crippen LogP contribution in [0.1, 0.15) is 44.2 Å². The summed E-state index contributed by atoms with van der Waals surface area (Å²) in [5, 5.41) is 17.3. The van der Waals surface area contributed by atoms with Gasteiger partial charge in [0, 0.05) is 24.8 Å². The summed E-state index contributed by atoms with van der Waals surface area (Å²) in [4.78, 5) is 0. The third-order valence-corrected chi connectivity index (χ3v) is 3.69. The number of nitrogens with zero attached hydrogens (tertiary/aromatic N) is 2. The van der Waals surface area contributed by atoms with Gasteiger partial charge in [-0.1, -0.05) is 6.42 Å². The minimum absolute atomic E-state index is 0.0794. The van der Waals surface area contributed by atoms with Crippen molar-refractivity contribution in [1.29, 1.82) is 0 Å². The van der Waals surface area contributed by atoms with Crippen LogP contribution in [0.2, 0.25) is 0 Å². The predicted molar refractivity (Wildman–Crippen MR) is 67.6 cm³/mol. The third-order valence-electron chi connectivity index (χ3n) is 3.69. The number of aliphatic hydroxyl groups is 1. The van der Waals surface area contributed by atoms with Crippen LogP contribution in [0.3, 0.4) is 0 Å². The molecule has 2 N–H and O–H groups in total. The molecular weight excluding hydrogens is 214 g/mol. The largest absolute Gasteiger partial charge is 0.393 e. The molecule has 3 atom stereocenters. The van der Waals surface area contributed by atoms with Gasteiger partial charge in [-0.3, -0.25) is 4.68 Å². The molecule has 0 aromatic carbocycles. The number of rotatable bonds is 4. The lowest BCUT2D eigenvalue weighted by Crippen LogP contribution is -2.30. The summed E-state index contributed by atoms with van der Waals surface area (Å²) in [6.45, 7) is 3.16. The predicted octanol–water partition coefficient (Wildman–Crippen LogP) is 1.62. The molecule has 1 heterocycles. The molecule has 1 aromatic rings. The fourth-order valence-corrected chi connectivity index (χ4v) is 2.57. The highest BCUT2D eigenvalue weighted by molar-refractivity contribution is 5.08. The zero-order chi connectivity index (χ0) is 12.3. The molecule has 0 saturated heterocycles. The summed E-state index contributed by atoms with van der Waals surface area (Å²) in [6.07, 6.45) is 8.21. The fraction of sp³-hybridized carbons (Fsp3) is 0.769. The van der Waals surface area contributed by atoms with Crippen molar-refractivity contribution in [3.8, 4) is 0 Å². The Morgan fingerprint density at radius 3 is 3.06 bits per heavy atom. The van der Waals surface area contributed by atoms with E-state index in [1.165, 1.54) is 12.0 Å². The Morgan fingerprint density at radius 1 is 1.59 bits per heavy atom. The molecule has 1 fully saturated rings. The van der Waals surface area contributed by atoms with E-state index in [-0.39, 0.29) is 6.10 Å². The van der Waals surface area contributed by atoms with Gasteiger partial charge in [-0.15, -0.1) is 0 Å². The summed E-state index contributed by atoms with van der Waals surface area (Å²) in [5.74, 6) is 0.623. The third kappa shape index (κ3) is 3.54. The highest BCUT2D eigenvalue weighted by atomic mass is 16.3. The van der Waals surface area contributed by atoms with E-state index in [0.717, 1.165) is 25.8 Å². The number of aliphatic hydroxyl groups excluding tert-OH is 1. The summed E-state index contributed by atoms with van der Waals surface area (Å²) < 4.78 is 1.83. The molecule has 0 aliphatic heterocycles. The Balaban J connectivity index is 1.77. The first-order chi connectivity index (χ1) is 8.15. The van der Waals surface area contributed by atoms with Gasteiger partial charge in [0.05, 0.1) is 12.3 Å². The second-order valence-electron chi connectivity index (χ2n) is 5.26. The molecule has 1 aliphatic carbocycles. The molecule has 4 nitrogen and oxygen atoms in total. The van der Waals surface area contributed by atoms with Crippen molar-refractivity contribution >= 4 is 0 Å². The minimum atomic E-state index is -0.0794. The number of hydrogen-bond acceptors (Lipinski definition) is 3. The van der Waals surface area contributed by atoms with Crippen LogP contribution in [-0.2, 0) is 7.05 Å². The van der Waals surface area contributed by atoms with Crippen LogP contribution in [0.4, 0.5) is 0 Å². The van der Waals surface area contributed by atoms with Gasteiger partial charge in [0.2, 0.25) is 0 Å². The van der Waals surface area contributed by atoms with E-state index in [0.29, 0.717) is 12.0 Å². The highest BCUT2D eigenvalue weighted by Crippen LogP contribution is 2.24. The van der Waals surface area contributed by atoms with Crippen molar-refractivity contribution in [2.45, 2.75) is 44.8 Å². The molecular formula is C13H23N3O. The molecule has 0 spiro atoms. The normalized spacial score (nSPS) is 27.0. The van der Waals surface area contributed by atoms with Gasteiger partial charge >= 0.3 is 0 Å². The highest BCUT2D eigenvalue weighted by Gasteiger charge is 2.20. The Morgan fingerprint density at radius 2 is 2.41 bits per heavy atom. The molecule has 3 unspecified atom stereocenters. The topological polar surface area (TPSA) is 50.1 Å². The van der Waals surface area contributed by atoms with Crippen molar-refractivity contribution in [2.24, 2.45) is 13.0 Å². The van der Waals surface area contributed by atoms with Crippen molar-refractivity contribution in [3.05, 3.63) is 18.0 Å². The second-order valence-corrected chi connectivity index (χ2v) is 5.26. The number of aromatic nitrogens is 2. The molecule has 4 heteroatoms. The van der Waals surface area contributed by atoms with Crippen molar-refractivity contribution in [1.82, 2.24) is 15.1 Å². The maximum absolute atomic E-state index is 9.62. The van der Waals surface area contributed by atoms with Crippen LogP contribution in [-0.4, -0.2) is 27.5 Å². The number of hydrogen-bond donors (Lipinski definition) is 2. The quantitative estimate of drug-likeness (QED) is 0.836. The molecule has 1 aromatic heterocycles. The lowest BCUT2D eigenvalue weighted by Gasteiger charge is -2.27. The van der Waals surface area contributed by atoms with Gasteiger partial charge in [0.25, 0.3) is 0 Å². The lowest BCUT2D eigenvalue weighted by molar-refractivity contribution is 0.0998. The summed E-state index contributed by atoms with van der Waals surface area (Å²) in [5.41, 5.74) is 1.23. The van der Waals surface area contributed by atoms with Crippen LogP contribution in [0, 0.1) is 5.92 Å². The summed E-state index contributed by atoms with van der Waals surface area (Å²) >= 11 is 0. The monoisotopic (exact) mass is 237 g/mol. The zero-order valence-electron chi connectivity index (χ0n) is 10.8. The van der Waals surface area contributed by atoms with Gasteiger partial charge < -0.3 is 10.4 Å². The van der Waals surface area contributed by atoms with E-state index in [9.17, 15) is 5.11 Å². The molecule has 2 rings (SSSR count). The van der Waals surface area contributed by atoms with Crippen LogP contribution in [0.5, 0.6) is 0 Å². The molecule has 96 valence electrons. The van der Waals surface area contributed by atoms with Crippen LogP contribution in [0.15, 0.2) is 12.4 Å². The van der Waals surface area contributed by atoms with Crippen molar-refractivity contribution in [2.75, 3.05) is 6.54 Å². The Hall–Kier alpha value is -0.870. The lowest BCUT2D eigenvalue weighted by atomic mass is 9.87. The Kier molecular flexibility index (Phi) is 4.18. The first-order valence-corrected chi connectivity index (χ1v) is 6.55. The molecule has 17 heavy (non-hydrogen) atoms. The Bertz CT molecular complexity index is 350. The standard InChI is InChI=1S/C13H23N3O/c1-10(12-8-15-16(2)9-12)14-7-11-4-3-5-13(17)6-11/h8-11,13-14,17H,3-7H2,1-2H3. The summed E-state index contributed by atoms with van der Waals surface area (Å²) in [7, 11) is 1.94. The van der Waals surface area contributed by atoms with Crippen molar-refractivity contribution < 1.29 is 5.11 Å². The minimum Gasteiger partial charge on any atom is -0.393 e. The first kappa shape index (κ1) is 12.6. The van der Waals surface area contributed by atoms with E-state index >= 15 is 0 Å². The van der Waals surface area contributed by atoms with Crippen LogP contribution in [0.25, 0.3) is 0 Å². The van der Waals surface area contributed by atoms with Gasteiger partial charge in [0.1, 0.15) is 0 Å². The van der Waals surface area contributed by atoms with Crippen LogP contribution < -0.4 is 5.32 Å². The van der Waals surface area contributed by atoms with Crippen molar-refractivity contribution in [3.63, 3.8) is 0 Å². The summed E-state index contributed by atoms with van der Waals surface area (Å²) in [6, 6.07) is 0.336. The van der Waals surface area contributed by atoms with Gasteiger partial charge in [-0.05, 0) is 38.6 Å².